The number of aromatic nitrogens is 5. The van der Waals surface area contributed by atoms with Crippen LogP contribution in [-0.4, -0.2) is 24.3 Å². The Labute approximate surface area is 219 Å². The average molecular weight is 540 g/mol. The van der Waals surface area contributed by atoms with Gasteiger partial charge in [0.2, 0.25) is 5.95 Å². The van der Waals surface area contributed by atoms with Gasteiger partial charge in [-0.25, -0.2) is 9.97 Å². The first-order chi connectivity index (χ1) is 18.0. The Bertz CT molecular complexity index is 1710. The van der Waals surface area contributed by atoms with Gasteiger partial charge in [-0.15, -0.1) is 0 Å². The van der Waals surface area contributed by atoms with Crippen molar-refractivity contribution in [3.8, 4) is 16.8 Å². The van der Waals surface area contributed by atoms with Crippen LogP contribution in [-0.2, 0) is 13.2 Å². The Balaban J connectivity index is 1.56. The summed E-state index contributed by atoms with van der Waals surface area (Å²) in [6.07, 6.45) is -0.489. The summed E-state index contributed by atoms with van der Waals surface area (Å²) < 4.78 is 42.0. The molecule has 2 aromatic carbocycles. The number of pyridine rings is 1. The van der Waals surface area contributed by atoms with E-state index in [1.165, 1.54) is 0 Å². The molecule has 3 N–H and O–H groups in total. The smallest absolute Gasteiger partial charge is 0.324 e. The van der Waals surface area contributed by atoms with Crippen molar-refractivity contribution < 1.29 is 13.2 Å². The van der Waals surface area contributed by atoms with Gasteiger partial charge in [-0.2, -0.15) is 18.3 Å². The summed E-state index contributed by atoms with van der Waals surface area (Å²) in [7, 11) is 1.81. The number of aryl methyl sites for hydroxylation is 1. The fraction of sp³-hybridized carbons (Fsp3) is 0.154. The van der Waals surface area contributed by atoms with Gasteiger partial charge < -0.3 is 11.1 Å². The Hall–Kier alpha value is -4.22. The van der Waals surface area contributed by atoms with E-state index in [9.17, 15) is 18.0 Å². The van der Waals surface area contributed by atoms with Gasteiger partial charge in [0, 0.05) is 48.1 Å². The lowest BCUT2D eigenvalue weighted by molar-refractivity contribution is -0.137. The molecular formula is C26H21ClF3N7O. The van der Waals surface area contributed by atoms with Gasteiger partial charge in [-0.05, 0) is 48.2 Å². The molecule has 0 fully saturated rings. The first-order valence-electron chi connectivity index (χ1n) is 11.4. The topological polar surface area (TPSA) is 104 Å². The van der Waals surface area contributed by atoms with Crippen LogP contribution in [0.25, 0.3) is 27.6 Å². The van der Waals surface area contributed by atoms with Gasteiger partial charge in [-0.3, -0.25) is 14.0 Å². The molecule has 8 nitrogen and oxygen atoms in total. The normalized spacial score (nSPS) is 12.6. The number of anilines is 2. The summed E-state index contributed by atoms with van der Waals surface area (Å²) in [6, 6.07) is 13.8. The third kappa shape index (κ3) is 4.73. The van der Waals surface area contributed by atoms with Crippen molar-refractivity contribution in [3.05, 3.63) is 93.9 Å². The lowest BCUT2D eigenvalue weighted by Gasteiger charge is -2.18. The standard InChI is InChI=1S/C26H21ClF3N7O/c1-14(31)21-10-15-4-3-5-19(16-11-33-36(2)13-16)22(15)24(38)37(21)18-8-6-17(7-9-18)34-25-32-12-20(23(27)35-25)26(28,29)30/h3-14H,31H2,1-2H3,(H,32,34,35)/t14-/m0/s1. The molecule has 0 aliphatic rings. The maximum absolute atomic E-state index is 13.9. The van der Waals surface area contributed by atoms with Gasteiger partial charge >= 0.3 is 6.18 Å². The molecule has 0 aliphatic carbocycles. The van der Waals surface area contributed by atoms with E-state index in [4.69, 9.17) is 17.3 Å². The van der Waals surface area contributed by atoms with Crippen LogP contribution in [0, 0.1) is 0 Å². The zero-order valence-electron chi connectivity index (χ0n) is 20.2. The molecule has 0 bridgehead atoms. The van der Waals surface area contributed by atoms with E-state index >= 15 is 0 Å². The van der Waals surface area contributed by atoms with E-state index in [0.29, 0.717) is 28.7 Å². The first-order valence-corrected chi connectivity index (χ1v) is 11.8. The molecule has 1 atom stereocenters. The SMILES string of the molecule is C[C@H](N)c1cc2cccc(-c3cnn(C)c3)c2c(=O)n1-c1ccc(Nc2ncc(C(F)(F)F)c(Cl)n2)cc1. The van der Waals surface area contributed by atoms with E-state index in [1.54, 1.807) is 53.7 Å². The van der Waals surface area contributed by atoms with Crippen molar-refractivity contribution in [2.75, 3.05) is 5.32 Å². The summed E-state index contributed by atoms with van der Waals surface area (Å²) in [5.41, 5.74) is 8.11. The first kappa shape index (κ1) is 25.4. The van der Waals surface area contributed by atoms with Crippen molar-refractivity contribution in [2.24, 2.45) is 12.8 Å². The number of hydrogen-bond acceptors (Lipinski definition) is 6. The molecule has 3 heterocycles. The van der Waals surface area contributed by atoms with Crippen molar-refractivity contribution >= 4 is 34.0 Å². The van der Waals surface area contributed by atoms with Gasteiger partial charge in [0.1, 0.15) is 10.7 Å². The number of hydrogen-bond donors (Lipinski definition) is 2. The quantitative estimate of drug-likeness (QED) is 0.281. The molecular weight excluding hydrogens is 519 g/mol. The maximum atomic E-state index is 13.9. The van der Waals surface area contributed by atoms with E-state index in [1.807, 2.05) is 30.5 Å². The highest BCUT2D eigenvalue weighted by atomic mass is 35.5. The average Bonchev–Trinajstić information content (AvgIpc) is 3.29. The molecule has 0 radical (unpaired) electrons. The predicted molar refractivity (Wildman–Crippen MR) is 140 cm³/mol. The summed E-state index contributed by atoms with van der Waals surface area (Å²) in [5.74, 6) is -0.101. The lowest BCUT2D eigenvalue weighted by atomic mass is 10.00. The molecule has 0 spiro atoms. The molecule has 3 aromatic heterocycles. The van der Waals surface area contributed by atoms with Crippen molar-refractivity contribution in [3.63, 3.8) is 0 Å². The van der Waals surface area contributed by atoms with Crippen molar-refractivity contribution in [1.29, 1.82) is 0 Å². The number of halogens is 4. The van der Waals surface area contributed by atoms with Crippen LogP contribution >= 0.6 is 11.6 Å². The van der Waals surface area contributed by atoms with Crippen LogP contribution < -0.4 is 16.6 Å². The number of fused-ring (bicyclic) bond motifs is 1. The predicted octanol–water partition coefficient (Wildman–Crippen LogP) is 5.62. The van der Waals surface area contributed by atoms with Crippen LogP contribution in [0.1, 0.15) is 24.2 Å². The van der Waals surface area contributed by atoms with Crippen LogP contribution in [0.3, 0.4) is 0 Å². The van der Waals surface area contributed by atoms with Gasteiger partial charge in [0.25, 0.3) is 5.56 Å². The second-order valence-corrected chi connectivity index (χ2v) is 9.10. The van der Waals surface area contributed by atoms with Crippen LogP contribution in [0.4, 0.5) is 24.8 Å². The Morgan fingerprint density at radius 2 is 1.84 bits per heavy atom. The molecule has 0 saturated heterocycles. The highest BCUT2D eigenvalue weighted by Crippen LogP contribution is 2.34. The minimum Gasteiger partial charge on any atom is -0.324 e. The number of alkyl halides is 3. The van der Waals surface area contributed by atoms with Crippen molar-refractivity contribution in [2.45, 2.75) is 19.1 Å². The number of nitrogens with two attached hydrogens (primary N) is 1. The molecule has 0 aliphatic heterocycles. The number of nitrogens with one attached hydrogen (secondary N) is 1. The lowest BCUT2D eigenvalue weighted by Crippen LogP contribution is -2.26. The monoisotopic (exact) mass is 539 g/mol. The zero-order chi connectivity index (χ0) is 27.2. The summed E-state index contributed by atoms with van der Waals surface area (Å²) in [4.78, 5) is 21.3. The number of nitrogens with zero attached hydrogens (tertiary/aromatic N) is 5. The third-order valence-electron chi connectivity index (χ3n) is 5.99. The zero-order valence-corrected chi connectivity index (χ0v) is 20.9. The van der Waals surface area contributed by atoms with Crippen LogP contribution in [0.2, 0.25) is 5.15 Å². The van der Waals surface area contributed by atoms with E-state index < -0.39 is 22.9 Å². The summed E-state index contributed by atoms with van der Waals surface area (Å²) in [5, 5.41) is 7.63. The minimum atomic E-state index is -4.65. The van der Waals surface area contributed by atoms with Gasteiger partial charge in [-0.1, -0.05) is 29.8 Å². The third-order valence-corrected chi connectivity index (χ3v) is 6.28. The second kappa shape index (κ2) is 9.58. The van der Waals surface area contributed by atoms with E-state index in [2.05, 4.69) is 20.4 Å². The molecule has 12 heteroatoms. The van der Waals surface area contributed by atoms with E-state index in [0.717, 1.165) is 16.5 Å². The fourth-order valence-corrected chi connectivity index (χ4v) is 4.45. The Morgan fingerprint density at radius 1 is 1.11 bits per heavy atom. The molecule has 0 saturated carbocycles. The Kier molecular flexibility index (Phi) is 6.41. The minimum absolute atomic E-state index is 0.101. The molecule has 38 heavy (non-hydrogen) atoms. The summed E-state index contributed by atoms with van der Waals surface area (Å²) in [6.45, 7) is 1.80. The maximum Gasteiger partial charge on any atom is 0.420 e. The number of rotatable bonds is 5. The largest absolute Gasteiger partial charge is 0.420 e. The molecule has 0 unspecified atom stereocenters. The highest BCUT2D eigenvalue weighted by molar-refractivity contribution is 6.30. The molecule has 5 rings (SSSR count). The molecule has 194 valence electrons. The summed E-state index contributed by atoms with van der Waals surface area (Å²) >= 11 is 5.69. The highest BCUT2D eigenvalue weighted by Gasteiger charge is 2.34. The number of benzene rings is 2. The van der Waals surface area contributed by atoms with Crippen LogP contribution in [0.15, 0.2) is 71.9 Å². The van der Waals surface area contributed by atoms with Crippen LogP contribution in [0.5, 0.6) is 0 Å². The van der Waals surface area contributed by atoms with Crippen molar-refractivity contribution in [1.82, 2.24) is 24.3 Å². The molecule has 5 aromatic rings. The van der Waals surface area contributed by atoms with Gasteiger partial charge in [0.15, 0.2) is 0 Å². The van der Waals surface area contributed by atoms with Gasteiger partial charge in [0.05, 0.1) is 11.6 Å². The fourth-order valence-electron chi connectivity index (χ4n) is 4.22. The van der Waals surface area contributed by atoms with E-state index in [-0.39, 0.29) is 11.5 Å². The Morgan fingerprint density at radius 3 is 2.45 bits per heavy atom. The second-order valence-electron chi connectivity index (χ2n) is 8.74. The molecule has 0 amide bonds.